The van der Waals surface area contributed by atoms with Crippen molar-refractivity contribution < 1.29 is 23.9 Å². The van der Waals surface area contributed by atoms with E-state index in [9.17, 15) is 19.2 Å². The Hall–Kier alpha value is -5.12. The predicted molar refractivity (Wildman–Crippen MR) is 142 cm³/mol. The highest BCUT2D eigenvalue weighted by Gasteiger charge is 2.49. The summed E-state index contributed by atoms with van der Waals surface area (Å²) in [6.45, 7) is 3.83. The van der Waals surface area contributed by atoms with Crippen LogP contribution in [0.2, 0.25) is 0 Å². The van der Waals surface area contributed by atoms with Gasteiger partial charge in [-0.1, -0.05) is 18.2 Å². The van der Waals surface area contributed by atoms with Crippen LogP contribution in [-0.2, 0) is 28.2 Å². The number of barbiturate groups is 1. The number of nitrogens with zero attached hydrogens (tertiary/aromatic N) is 2. The monoisotopic (exact) mass is 523 g/mol. The molecule has 0 saturated carbocycles. The molecular weight excluding hydrogens is 498 g/mol. The molecule has 39 heavy (non-hydrogen) atoms. The van der Waals surface area contributed by atoms with E-state index in [4.69, 9.17) is 4.74 Å². The first kappa shape index (κ1) is 25.5. The molecule has 3 heterocycles. The topological polar surface area (TPSA) is 139 Å². The summed E-state index contributed by atoms with van der Waals surface area (Å²) in [5.74, 6) is -1.21. The van der Waals surface area contributed by atoms with E-state index in [0.29, 0.717) is 23.5 Å². The lowest BCUT2D eigenvalue weighted by Gasteiger charge is -2.30. The first-order valence-corrected chi connectivity index (χ1v) is 12.2. The smallest absolute Gasteiger partial charge is 0.328 e. The van der Waals surface area contributed by atoms with Crippen LogP contribution in [0.3, 0.4) is 0 Å². The molecule has 0 spiro atoms. The van der Waals surface area contributed by atoms with Crippen LogP contribution in [0.15, 0.2) is 72.9 Å². The number of pyridine rings is 2. The molecule has 2 aromatic heterocycles. The van der Waals surface area contributed by atoms with Gasteiger partial charge in [0.25, 0.3) is 5.91 Å². The second-order valence-corrected chi connectivity index (χ2v) is 9.35. The number of imide groups is 2. The fourth-order valence-electron chi connectivity index (χ4n) is 4.34. The summed E-state index contributed by atoms with van der Waals surface area (Å²) in [5, 5.41) is 8.03. The number of nitrogens with one attached hydrogen (secondary N) is 3. The SMILES string of the molecule is Cc1cc(COc2ccc(C(=O)NCc3ccnc(C4(C)C(=O)NC(=O)NC4=O)c3)cc2)c2ccccc2n1. The highest BCUT2D eigenvalue weighted by Crippen LogP contribution is 2.26. The van der Waals surface area contributed by atoms with Gasteiger partial charge < -0.3 is 10.1 Å². The van der Waals surface area contributed by atoms with Crippen LogP contribution in [0.5, 0.6) is 5.75 Å². The maximum Gasteiger partial charge on any atom is 0.328 e. The highest BCUT2D eigenvalue weighted by molar-refractivity contribution is 6.22. The molecule has 5 amide bonds. The molecule has 5 rings (SSSR count). The molecule has 0 radical (unpaired) electrons. The molecule has 10 heteroatoms. The molecule has 1 aliphatic rings. The lowest BCUT2D eigenvalue weighted by atomic mass is 9.82. The Morgan fingerprint density at radius 3 is 2.44 bits per heavy atom. The molecule has 0 unspecified atom stereocenters. The summed E-state index contributed by atoms with van der Waals surface area (Å²) in [6.07, 6.45) is 1.44. The van der Waals surface area contributed by atoms with E-state index in [2.05, 4.69) is 25.9 Å². The fraction of sp³-hybridized carbons (Fsp3) is 0.172. The Bertz CT molecular complexity index is 1600. The van der Waals surface area contributed by atoms with Gasteiger partial charge in [0.15, 0.2) is 5.41 Å². The molecule has 4 aromatic rings. The number of aryl methyl sites for hydroxylation is 1. The van der Waals surface area contributed by atoms with Crippen LogP contribution in [0, 0.1) is 6.92 Å². The van der Waals surface area contributed by atoms with Crippen molar-refractivity contribution in [3.63, 3.8) is 0 Å². The van der Waals surface area contributed by atoms with Crippen LogP contribution < -0.4 is 20.7 Å². The largest absolute Gasteiger partial charge is 0.489 e. The van der Waals surface area contributed by atoms with E-state index < -0.39 is 23.3 Å². The van der Waals surface area contributed by atoms with Crippen molar-refractivity contribution in [2.75, 3.05) is 0 Å². The van der Waals surface area contributed by atoms with Gasteiger partial charge >= 0.3 is 6.03 Å². The Kier molecular flexibility index (Phi) is 6.76. The fourth-order valence-corrected chi connectivity index (χ4v) is 4.34. The Labute approximate surface area is 223 Å². The van der Waals surface area contributed by atoms with Gasteiger partial charge in [-0.3, -0.25) is 35.0 Å². The third-order valence-corrected chi connectivity index (χ3v) is 6.59. The number of hydrogen-bond donors (Lipinski definition) is 3. The van der Waals surface area contributed by atoms with Crippen molar-refractivity contribution >= 4 is 34.7 Å². The third-order valence-electron chi connectivity index (χ3n) is 6.59. The minimum absolute atomic E-state index is 0.138. The standard InChI is InChI=1S/C29H25N5O5/c1-17-13-20(22-5-3-4-6-23(22)32-17)16-39-21-9-7-19(8-10-21)25(35)31-15-18-11-12-30-24(14-18)29(2)26(36)33-28(38)34-27(29)37/h3-14H,15-16H2,1-2H3,(H,31,35)(H2,33,34,36,37,38). The van der Waals surface area contributed by atoms with Crippen molar-refractivity contribution in [3.05, 3.63) is 101 Å². The van der Waals surface area contributed by atoms with E-state index in [1.165, 1.54) is 13.1 Å². The summed E-state index contributed by atoms with van der Waals surface area (Å²) in [6, 6.07) is 19.1. The minimum Gasteiger partial charge on any atom is -0.489 e. The van der Waals surface area contributed by atoms with Crippen molar-refractivity contribution in [1.82, 2.24) is 25.9 Å². The average molecular weight is 524 g/mol. The Balaban J connectivity index is 1.21. The van der Waals surface area contributed by atoms with Crippen LogP contribution in [0.4, 0.5) is 4.79 Å². The zero-order chi connectivity index (χ0) is 27.6. The molecule has 0 aliphatic carbocycles. The summed E-state index contributed by atoms with van der Waals surface area (Å²) >= 11 is 0. The second-order valence-electron chi connectivity index (χ2n) is 9.35. The zero-order valence-electron chi connectivity index (χ0n) is 21.3. The third kappa shape index (κ3) is 5.17. The summed E-state index contributed by atoms with van der Waals surface area (Å²) in [5.41, 5.74) is 2.42. The first-order chi connectivity index (χ1) is 18.7. The summed E-state index contributed by atoms with van der Waals surface area (Å²) < 4.78 is 5.97. The van der Waals surface area contributed by atoms with Crippen LogP contribution >= 0.6 is 0 Å². The number of fused-ring (bicyclic) bond motifs is 1. The molecule has 10 nitrogen and oxygen atoms in total. The lowest BCUT2D eigenvalue weighted by molar-refractivity contribution is -0.137. The number of amides is 5. The van der Waals surface area contributed by atoms with E-state index in [0.717, 1.165) is 22.2 Å². The van der Waals surface area contributed by atoms with Crippen molar-refractivity contribution in [1.29, 1.82) is 0 Å². The number of carbonyl (C=O) groups excluding carboxylic acids is 4. The lowest BCUT2D eigenvalue weighted by Crippen LogP contribution is -2.63. The van der Waals surface area contributed by atoms with E-state index >= 15 is 0 Å². The van der Waals surface area contributed by atoms with Crippen molar-refractivity contribution in [2.45, 2.75) is 32.4 Å². The summed E-state index contributed by atoms with van der Waals surface area (Å²) in [4.78, 5) is 57.7. The van der Waals surface area contributed by atoms with Gasteiger partial charge in [-0.25, -0.2) is 4.79 Å². The molecule has 3 N–H and O–H groups in total. The second kappa shape index (κ2) is 10.3. The molecule has 0 atom stereocenters. The van der Waals surface area contributed by atoms with E-state index in [1.807, 2.05) is 37.3 Å². The number of urea groups is 1. The number of para-hydroxylation sites is 1. The maximum absolute atomic E-state index is 12.7. The summed E-state index contributed by atoms with van der Waals surface area (Å²) in [7, 11) is 0. The number of hydrogen-bond acceptors (Lipinski definition) is 7. The normalized spacial score (nSPS) is 14.5. The average Bonchev–Trinajstić information content (AvgIpc) is 2.93. The van der Waals surface area contributed by atoms with Gasteiger partial charge in [-0.2, -0.15) is 0 Å². The molecule has 2 aromatic carbocycles. The first-order valence-electron chi connectivity index (χ1n) is 12.2. The van der Waals surface area contributed by atoms with Gasteiger partial charge in [0.05, 0.1) is 11.2 Å². The zero-order valence-corrected chi connectivity index (χ0v) is 21.3. The van der Waals surface area contributed by atoms with Crippen molar-refractivity contribution in [2.24, 2.45) is 0 Å². The van der Waals surface area contributed by atoms with Gasteiger partial charge in [0, 0.05) is 34.9 Å². The van der Waals surface area contributed by atoms with E-state index in [1.54, 1.807) is 36.4 Å². The molecule has 1 aliphatic heterocycles. The molecule has 196 valence electrons. The molecule has 0 bridgehead atoms. The number of carbonyl (C=O) groups is 4. The van der Waals surface area contributed by atoms with Gasteiger partial charge in [-0.05, 0) is 67.9 Å². The molecule has 1 fully saturated rings. The molecular formula is C29H25N5O5. The Morgan fingerprint density at radius 1 is 0.974 bits per heavy atom. The van der Waals surface area contributed by atoms with E-state index in [-0.39, 0.29) is 18.1 Å². The number of benzene rings is 2. The van der Waals surface area contributed by atoms with Crippen LogP contribution in [-0.4, -0.2) is 33.7 Å². The van der Waals surface area contributed by atoms with Crippen LogP contribution in [0.25, 0.3) is 10.9 Å². The van der Waals surface area contributed by atoms with Crippen molar-refractivity contribution in [3.8, 4) is 5.75 Å². The van der Waals surface area contributed by atoms with Crippen LogP contribution in [0.1, 0.15) is 39.8 Å². The number of aromatic nitrogens is 2. The highest BCUT2D eigenvalue weighted by atomic mass is 16.5. The quantitative estimate of drug-likeness (QED) is 0.316. The Morgan fingerprint density at radius 2 is 1.69 bits per heavy atom. The molecule has 1 saturated heterocycles. The maximum atomic E-state index is 12.7. The van der Waals surface area contributed by atoms with Gasteiger partial charge in [0.2, 0.25) is 11.8 Å². The number of ether oxygens (including phenoxy) is 1. The van der Waals surface area contributed by atoms with Gasteiger partial charge in [0.1, 0.15) is 12.4 Å². The number of rotatable bonds is 7. The minimum atomic E-state index is -1.68. The predicted octanol–water partition coefficient (Wildman–Crippen LogP) is 3.07. The van der Waals surface area contributed by atoms with Gasteiger partial charge in [-0.15, -0.1) is 0 Å².